The summed E-state index contributed by atoms with van der Waals surface area (Å²) in [5.41, 5.74) is 4.38. The van der Waals surface area contributed by atoms with Crippen LogP contribution in [0.15, 0.2) is 35.2 Å². The fourth-order valence-electron chi connectivity index (χ4n) is 2.72. The summed E-state index contributed by atoms with van der Waals surface area (Å²) in [6, 6.07) is 9.76. The van der Waals surface area contributed by atoms with Crippen molar-refractivity contribution in [2.24, 2.45) is 7.05 Å². The lowest BCUT2D eigenvalue weighted by Crippen LogP contribution is -2.27. The van der Waals surface area contributed by atoms with Crippen molar-refractivity contribution in [1.82, 2.24) is 9.47 Å². The van der Waals surface area contributed by atoms with E-state index in [-0.39, 0.29) is 5.91 Å². The minimum Gasteiger partial charge on any atom is -0.497 e. The van der Waals surface area contributed by atoms with Gasteiger partial charge in [0, 0.05) is 18.4 Å². The van der Waals surface area contributed by atoms with Crippen LogP contribution in [0.25, 0.3) is 6.08 Å². The lowest BCUT2D eigenvalue weighted by Gasteiger charge is -2.14. The van der Waals surface area contributed by atoms with Crippen LogP contribution in [0, 0.1) is 13.8 Å². The van der Waals surface area contributed by atoms with Crippen LogP contribution < -0.4 is 4.74 Å². The number of benzene rings is 1. The minimum absolute atomic E-state index is 0.0354. The molecule has 0 radical (unpaired) electrons. The third-order valence-electron chi connectivity index (χ3n) is 4.47. The number of ether oxygens (including phenoxy) is 1. The van der Waals surface area contributed by atoms with Crippen molar-refractivity contribution in [3.63, 3.8) is 0 Å². The summed E-state index contributed by atoms with van der Waals surface area (Å²) in [5.74, 6) is 0.760. The van der Waals surface area contributed by atoms with Crippen LogP contribution in [0.5, 0.6) is 5.75 Å². The Morgan fingerprint density at radius 3 is 2.48 bits per heavy atom. The van der Waals surface area contributed by atoms with Crippen LogP contribution in [0.1, 0.15) is 22.5 Å². The zero-order valence-electron chi connectivity index (χ0n) is 14.7. The van der Waals surface area contributed by atoms with Gasteiger partial charge >= 0.3 is 0 Å². The standard InChI is InChI=1S/C19H20N2O2S2/c1-12-9-15(13(2)20(12)3)10-17-18(22)21(19(24)25-17)11-14-5-7-16(23-4)8-6-14/h5-10H,11H2,1-4H3/b17-10-. The number of methoxy groups -OCH3 is 1. The average Bonchev–Trinajstić information content (AvgIpc) is 3.00. The van der Waals surface area contributed by atoms with Crippen LogP contribution in [-0.2, 0) is 18.4 Å². The van der Waals surface area contributed by atoms with Crippen molar-refractivity contribution in [3.8, 4) is 5.75 Å². The molecule has 1 saturated heterocycles. The molecule has 6 heteroatoms. The maximum atomic E-state index is 12.8. The number of amides is 1. The molecular weight excluding hydrogens is 352 g/mol. The molecule has 1 fully saturated rings. The van der Waals surface area contributed by atoms with Crippen LogP contribution in [0.2, 0.25) is 0 Å². The third-order valence-corrected chi connectivity index (χ3v) is 5.85. The number of hydrogen-bond acceptors (Lipinski definition) is 4. The molecule has 3 rings (SSSR count). The first-order valence-corrected chi connectivity index (χ1v) is 9.14. The third kappa shape index (κ3) is 3.50. The van der Waals surface area contributed by atoms with Gasteiger partial charge in [0.05, 0.1) is 18.6 Å². The first-order chi connectivity index (χ1) is 11.9. The van der Waals surface area contributed by atoms with Crippen molar-refractivity contribution in [2.75, 3.05) is 7.11 Å². The van der Waals surface area contributed by atoms with Gasteiger partial charge in [-0.2, -0.15) is 0 Å². The molecular formula is C19H20N2O2S2. The summed E-state index contributed by atoms with van der Waals surface area (Å²) >= 11 is 6.78. The largest absolute Gasteiger partial charge is 0.497 e. The highest BCUT2D eigenvalue weighted by Crippen LogP contribution is 2.34. The molecule has 0 N–H and O–H groups in total. The van der Waals surface area contributed by atoms with E-state index in [1.165, 1.54) is 11.8 Å². The number of aryl methyl sites for hydroxylation is 1. The molecule has 2 aromatic rings. The fraction of sp³-hybridized carbons (Fsp3) is 0.263. The van der Waals surface area contributed by atoms with E-state index in [9.17, 15) is 4.79 Å². The maximum absolute atomic E-state index is 12.8. The number of thioether (sulfide) groups is 1. The molecule has 1 aromatic carbocycles. The minimum atomic E-state index is -0.0354. The van der Waals surface area contributed by atoms with Gasteiger partial charge in [0.1, 0.15) is 10.1 Å². The van der Waals surface area contributed by atoms with E-state index in [0.717, 1.165) is 28.3 Å². The molecule has 4 nitrogen and oxygen atoms in total. The Labute approximate surface area is 157 Å². The monoisotopic (exact) mass is 372 g/mol. The van der Waals surface area contributed by atoms with Gasteiger partial charge in [0.15, 0.2) is 0 Å². The Balaban J connectivity index is 1.81. The molecule has 1 aliphatic heterocycles. The second-order valence-corrected chi connectivity index (χ2v) is 7.68. The van der Waals surface area contributed by atoms with E-state index in [4.69, 9.17) is 17.0 Å². The Morgan fingerprint density at radius 2 is 1.92 bits per heavy atom. The predicted octanol–water partition coefficient (Wildman–Crippen LogP) is 4.05. The molecule has 1 amide bonds. The Hall–Kier alpha value is -2.05. The van der Waals surface area contributed by atoms with E-state index in [1.54, 1.807) is 12.0 Å². The van der Waals surface area contributed by atoms with Crippen LogP contribution in [0.3, 0.4) is 0 Å². The average molecular weight is 373 g/mol. The molecule has 0 atom stereocenters. The van der Waals surface area contributed by atoms with Gasteiger partial charge < -0.3 is 9.30 Å². The summed E-state index contributed by atoms with van der Waals surface area (Å²) in [5, 5.41) is 0. The molecule has 0 bridgehead atoms. The number of thiocarbonyl (C=S) groups is 1. The van der Waals surface area contributed by atoms with Crippen molar-refractivity contribution in [3.05, 3.63) is 57.8 Å². The first-order valence-electron chi connectivity index (χ1n) is 7.92. The van der Waals surface area contributed by atoms with Crippen molar-refractivity contribution in [2.45, 2.75) is 20.4 Å². The zero-order valence-corrected chi connectivity index (χ0v) is 16.3. The van der Waals surface area contributed by atoms with E-state index in [1.807, 2.05) is 37.4 Å². The van der Waals surface area contributed by atoms with Crippen molar-refractivity contribution >= 4 is 40.3 Å². The highest BCUT2D eigenvalue weighted by molar-refractivity contribution is 8.26. The number of nitrogens with zero attached hydrogens (tertiary/aromatic N) is 2. The fourth-order valence-corrected chi connectivity index (χ4v) is 3.97. The summed E-state index contributed by atoms with van der Waals surface area (Å²) < 4.78 is 7.88. The SMILES string of the molecule is COc1ccc(CN2C(=O)/C(=C/c3cc(C)n(C)c3C)SC2=S)cc1. The predicted molar refractivity (Wildman–Crippen MR) is 107 cm³/mol. The Morgan fingerprint density at radius 1 is 1.24 bits per heavy atom. The Bertz CT molecular complexity index is 866. The molecule has 0 saturated carbocycles. The number of hydrogen-bond donors (Lipinski definition) is 0. The molecule has 0 aliphatic carbocycles. The number of rotatable bonds is 4. The second kappa shape index (κ2) is 7.06. The molecule has 130 valence electrons. The van der Waals surface area contributed by atoms with E-state index in [2.05, 4.69) is 24.5 Å². The van der Waals surface area contributed by atoms with E-state index < -0.39 is 0 Å². The van der Waals surface area contributed by atoms with Gasteiger partial charge in [-0.3, -0.25) is 9.69 Å². The van der Waals surface area contributed by atoms with Crippen molar-refractivity contribution < 1.29 is 9.53 Å². The number of carbonyl (C=O) groups is 1. The quantitative estimate of drug-likeness (QED) is 0.599. The van der Waals surface area contributed by atoms with Crippen LogP contribution >= 0.6 is 24.0 Å². The highest BCUT2D eigenvalue weighted by atomic mass is 32.2. The summed E-state index contributed by atoms with van der Waals surface area (Å²) in [4.78, 5) is 15.1. The number of carbonyl (C=O) groups excluding carboxylic acids is 1. The van der Waals surface area contributed by atoms with Crippen LogP contribution in [-0.4, -0.2) is 26.8 Å². The molecule has 0 unspecified atom stereocenters. The smallest absolute Gasteiger partial charge is 0.266 e. The molecule has 25 heavy (non-hydrogen) atoms. The second-order valence-electron chi connectivity index (χ2n) is 6.00. The van der Waals surface area contributed by atoms with Gasteiger partial charge in [0.2, 0.25) is 0 Å². The van der Waals surface area contributed by atoms with Gasteiger partial charge in [-0.25, -0.2) is 0 Å². The van der Waals surface area contributed by atoms with Gasteiger partial charge in [-0.15, -0.1) is 0 Å². The molecule has 0 spiro atoms. The lowest BCUT2D eigenvalue weighted by atomic mass is 10.2. The van der Waals surface area contributed by atoms with E-state index >= 15 is 0 Å². The topological polar surface area (TPSA) is 34.5 Å². The van der Waals surface area contributed by atoms with Crippen LogP contribution in [0.4, 0.5) is 0 Å². The summed E-state index contributed by atoms with van der Waals surface area (Å²) in [6.07, 6.45) is 1.94. The van der Waals surface area contributed by atoms with Gasteiger partial charge in [-0.05, 0) is 49.2 Å². The molecule has 1 aromatic heterocycles. The van der Waals surface area contributed by atoms with E-state index in [0.29, 0.717) is 15.8 Å². The Kier molecular flexibility index (Phi) is 5.01. The summed E-state index contributed by atoms with van der Waals surface area (Å²) in [7, 11) is 3.66. The summed E-state index contributed by atoms with van der Waals surface area (Å²) in [6.45, 7) is 4.58. The lowest BCUT2D eigenvalue weighted by molar-refractivity contribution is -0.122. The molecule has 1 aliphatic rings. The first kappa shape index (κ1) is 17.8. The number of aromatic nitrogens is 1. The van der Waals surface area contributed by atoms with Crippen molar-refractivity contribution in [1.29, 1.82) is 0 Å². The highest BCUT2D eigenvalue weighted by Gasteiger charge is 2.32. The normalized spacial score (nSPS) is 16.2. The zero-order chi connectivity index (χ0) is 18.1. The maximum Gasteiger partial charge on any atom is 0.266 e. The van der Waals surface area contributed by atoms with Gasteiger partial charge in [-0.1, -0.05) is 36.1 Å². The van der Waals surface area contributed by atoms with Gasteiger partial charge in [0.25, 0.3) is 5.91 Å². The molecule has 2 heterocycles.